The second kappa shape index (κ2) is 8.33. The Labute approximate surface area is 125 Å². The summed E-state index contributed by atoms with van der Waals surface area (Å²) in [5.41, 5.74) is 0.828. The molecule has 0 saturated carbocycles. The molecule has 0 saturated heterocycles. The molecule has 0 fully saturated rings. The van der Waals surface area contributed by atoms with Gasteiger partial charge in [0.2, 0.25) is 0 Å². The molecule has 96 valence electrons. The first-order chi connectivity index (χ1) is 9.16. The van der Waals surface area contributed by atoms with Crippen molar-refractivity contribution in [2.75, 3.05) is 0 Å². The van der Waals surface area contributed by atoms with Gasteiger partial charge in [-0.15, -0.1) is 5.56 Å². The molecule has 19 heavy (non-hydrogen) atoms. The molecule has 6 heteroatoms. The average molecular weight is 382 g/mol. The minimum absolute atomic E-state index is 0.0470. The summed E-state index contributed by atoms with van der Waals surface area (Å²) in [6.07, 6.45) is 0. The summed E-state index contributed by atoms with van der Waals surface area (Å²) < 4.78 is 43.5. The van der Waals surface area contributed by atoms with Crippen molar-refractivity contribution >= 4 is 13.6 Å². The predicted octanol–water partition coefficient (Wildman–Crippen LogP) is 4.33. The number of hydrogen-bond acceptors (Lipinski definition) is 1. The molecule has 0 aliphatic heterocycles. The molecular weight excluding hydrogens is 374 g/mol. The van der Waals surface area contributed by atoms with Crippen LogP contribution < -0.4 is 4.74 Å². The van der Waals surface area contributed by atoms with Gasteiger partial charge in [0.05, 0.1) is 6.61 Å². The van der Waals surface area contributed by atoms with E-state index in [0.29, 0.717) is 0 Å². The van der Waals surface area contributed by atoms with Gasteiger partial charge in [-0.05, 0) is 0 Å². The van der Waals surface area contributed by atoms with E-state index in [-0.39, 0.29) is 12.4 Å². The van der Waals surface area contributed by atoms with Crippen LogP contribution in [-0.2, 0) is 22.9 Å². The van der Waals surface area contributed by atoms with Crippen molar-refractivity contribution in [3.8, 4) is 5.75 Å². The Balaban J connectivity index is 0.000000861. The molecule has 0 bridgehead atoms. The van der Waals surface area contributed by atoms with Gasteiger partial charge in [0, 0.05) is 12.1 Å². The molecule has 0 aromatic heterocycles. The van der Waals surface area contributed by atoms with Crippen molar-refractivity contribution in [1.82, 2.24) is 0 Å². The quantitative estimate of drug-likeness (QED) is 0.436. The first-order valence-corrected chi connectivity index (χ1v) is 12.1. The van der Waals surface area contributed by atoms with Gasteiger partial charge in [-0.25, -0.2) is 13.2 Å². The van der Waals surface area contributed by atoms with Gasteiger partial charge < -0.3 is 4.74 Å². The van der Waals surface area contributed by atoms with Crippen molar-refractivity contribution in [3.05, 3.63) is 65.5 Å². The molecule has 0 atom stereocenters. The van der Waals surface area contributed by atoms with E-state index in [9.17, 15) is 13.2 Å². The van der Waals surface area contributed by atoms with Crippen LogP contribution in [0.3, 0.4) is 0 Å². The van der Waals surface area contributed by atoms with Crippen LogP contribution in [0.2, 0.25) is 0 Å². The Morgan fingerprint density at radius 3 is 2.11 bits per heavy atom. The molecule has 0 unspecified atom stereocenters. The molecule has 0 radical (unpaired) electrons. The van der Waals surface area contributed by atoms with Gasteiger partial charge in [0.1, 0.15) is 5.75 Å². The minimum atomic E-state index is -1.49. The molecular formula is C13H8BrF3OZn. The third-order valence-corrected chi connectivity index (χ3v) is 2.15. The maximum atomic E-state index is 12.9. The van der Waals surface area contributed by atoms with Gasteiger partial charge in [0.15, 0.2) is 17.5 Å². The maximum absolute atomic E-state index is 12.9. The zero-order chi connectivity index (χ0) is 14.3. The van der Waals surface area contributed by atoms with Crippen LogP contribution in [0.5, 0.6) is 5.75 Å². The fourth-order valence-corrected chi connectivity index (χ4v) is 1.30. The predicted molar refractivity (Wildman–Crippen MR) is 64.9 cm³/mol. The molecule has 0 N–H and O–H groups in total. The van der Waals surface area contributed by atoms with E-state index in [2.05, 4.69) is 19.7 Å². The zero-order valence-electron chi connectivity index (χ0n) is 9.80. The Morgan fingerprint density at radius 2 is 1.58 bits per heavy atom. The molecule has 0 spiro atoms. The van der Waals surface area contributed by atoms with Gasteiger partial charge in [-0.3, -0.25) is 0 Å². The van der Waals surface area contributed by atoms with Crippen molar-refractivity contribution < 1.29 is 34.3 Å². The molecule has 2 aromatic rings. The van der Waals surface area contributed by atoms with Crippen molar-refractivity contribution in [1.29, 1.82) is 0 Å². The second-order valence-corrected chi connectivity index (χ2v) is 3.40. The van der Waals surface area contributed by atoms with E-state index in [1.165, 1.54) is 16.3 Å². The van der Waals surface area contributed by atoms with Crippen LogP contribution in [0.15, 0.2) is 36.4 Å². The number of halogens is 4. The standard InChI is InChI=1S/C13H8F3O.BrH.Zn/c14-11-6-10(7-12(15)13(11)16)17-8-9-4-2-1-3-5-9;;/h2-7H,8H2;1H;/q-1;;+2/p-1. The summed E-state index contributed by atoms with van der Waals surface area (Å²) in [5.74, 6) is -4.07. The Hall–Kier alpha value is -0.867. The number of hydrogen-bond donors (Lipinski definition) is 0. The topological polar surface area (TPSA) is 9.23 Å². The normalized spacial score (nSPS) is 9.58. The van der Waals surface area contributed by atoms with Crippen LogP contribution in [0.1, 0.15) is 5.56 Å². The van der Waals surface area contributed by atoms with Gasteiger partial charge in [-0.2, -0.15) is 30.3 Å². The van der Waals surface area contributed by atoms with Gasteiger partial charge in [-0.1, -0.05) is 0 Å². The van der Waals surface area contributed by atoms with Gasteiger partial charge >= 0.3 is 30.0 Å². The summed E-state index contributed by atoms with van der Waals surface area (Å²) in [4.78, 5) is 0. The molecule has 2 rings (SSSR count). The van der Waals surface area contributed by atoms with Crippen molar-refractivity contribution in [2.45, 2.75) is 6.61 Å². The first-order valence-electron chi connectivity index (χ1n) is 5.16. The number of rotatable bonds is 3. The monoisotopic (exact) mass is 380 g/mol. The summed E-state index contributed by atoms with van der Waals surface area (Å²) in [6, 6.07) is 11.4. The molecule has 0 heterocycles. The van der Waals surface area contributed by atoms with Crippen molar-refractivity contribution in [2.24, 2.45) is 0 Å². The fraction of sp³-hybridized carbons (Fsp3) is 0.0769. The van der Waals surface area contributed by atoms with Crippen molar-refractivity contribution in [3.63, 3.8) is 0 Å². The Kier molecular flexibility index (Phi) is 7.10. The molecule has 2 aromatic carbocycles. The molecule has 0 amide bonds. The Bertz CT molecular complexity index is 500. The average Bonchev–Trinajstić information content (AvgIpc) is 2.45. The van der Waals surface area contributed by atoms with Crippen LogP contribution in [-0.4, -0.2) is 0 Å². The van der Waals surface area contributed by atoms with E-state index in [4.69, 9.17) is 4.74 Å². The fourth-order valence-electron chi connectivity index (χ4n) is 1.30. The van der Waals surface area contributed by atoms with E-state index in [0.717, 1.165) is 17.7 Å². The SMILES string of the molecule is Fc1cc(OCc2cc[c-]cc2)cc(F)c1F.[Zn+][Br]. The van der Waals surface area contributed by atoms with E-state index in [1.54, 1.807) is 24.3 Å². The first kappa shape index (κ1) is 16.2. The molecule has 1 nitrogen and oxygen atoms in total. The van der Waals surface area contributed by atoms with E-state index in [1.807, 2.05) is 0 Å². The number of ether oxygens (including phenoxy) is 1. The summed E-state index contributed by atoms with van der Waals surface area (Å²) in [7, 11) is 0. The summed E-state index contributed by atoms with van der Waals surface area (Å²) >= 11 is 4.25. The number of benzene rings is 2. The third-order valence-electron chi connectivity index (χ3n) is 2.15. The van der Waals surface area contributed by atoms with Crippen LogP contribution >= 0.6 is 13.6 Å². The summed E-state index contributed by atoms with van der Waals surface area (Å²) in [6.45, 7) is 0.152. The molecule has 0 aliphatic rings. The van der Waals surface area contributed by atoms with Crippen LogP contribution in [0, 0.1) is 23.5 Å². The second-order valence-electron chi connectivity index (χ2n) is 3.40. The van der Waals surface area contributed by atoms with Crippen LogP contribution in [0.4, 0.5) is 13.2 Å². The van der Waals surface area contributed by atoms with E-state index >= 15 is 0 Å². The van der Waals surface area contributed by atoms with Crippen LogP contribution in [0.25, 0.3) is 0 Å². The Morgan fingerprint density at radius 1 is 1.05 bits per heavy atom. The van der Waals surface area contributed by atoms with E-state index < -0.39 is 17.5 Å². The molecule has 0 aliphatic carbocycles. The third kappa shape index (κ3) is 4.96. The summed E-state index contributed by atoms with van der Waals surface area (Å²) in [5, 5.41) is 0. The van der Waals surface area contributed by atoms with Gasteiger partial charge in [0.25, 0.3) is 0 Å². The zero-order valence-corrected chi connectivity index (χ0v) is 14.4.